The molecule has 0 fully saturated rings. The number of nitrogens with one attached hydrogen (secondary N) is 2. The lowest BCUT2D eigenvalue weighted by Crippen LogP contribution is -2.40. The zero-order valence-corrected chi connectivity index (χ0v) is 18.1. The Kier molecular flexibility index (Phi) is 10.7. The quantitative estimate of drug-likeness (QED) is 0.355. The minimum atomic E-state index is 0. The Bertz CT molecular complexity index is 664. The van der Waals surface area contributed by atoms with Gasteiger partial charge in [0.15, 0.2) is 5.96 Å². The van der Waals surface area contributed by atoms with Gasteiger partial charge in [-0.2, -0.15) is 0 Å². The van der Waals surface area contributed by atoms with Crippen LogP contribution in [-0.4, -0.2) is 45.2 Å². The van der Waals surface area contributed by atoms with Gasteiger partial charge in [-0.15, -0.1) is 24.0 Å². The molecular formula is C20H29IN4O. The number of ether oxygens (including phenoxy) is 1. The molecule has 6 heteroatoms. The minimum Gasteiger partial charge on any atom is -0.496 e. The number of guanidine groups is 1. The van der Waals surface area contributed by atoms with E-state index in [0.29, 0.717) is 6.54 Å². The average molecular weight is 468 g/mol. The number of para-hydroxylation sites is 1. The van der Waals surface area contributed by atoms with E-state index in [1.807, 2.05) is 30.3 Å². The fourth-order valence-electron chi connectivity index (χ4n) is 2.59. The first-order valence-corrected chi connectivity index (χ1v) is 8.52. The van der Waals surface area contributed by atoms with Crippen molar-refractivity contribution in [3.05, 3.63) is 65.7 Å². The van der Waals surface area contributed by atoms with Gasteiger partial charge in [-0.25, -0.2) is 0 Å². The van der Waals surface area contributed by atoms with Crippen LogP contribution in [0.1, 0.15) is 11.1 Å². The molecule has 0 spiro atoms. The molecule has 0 amide bonds. The zero-order valence-electron chi connectivity index (χ0n) is 15.7. The van der Waals surface area contributed by atoms with E-state index in [9.17, 15) is 0 Å². The molecular weight excluding hydrogens is 439 g/mol. The van der Waals surface area contributed by atoms with Crippen molar-refractivity contribution >= 4 is 29.9 Å². The van der Waals surface area contributed by atoms with Crippen LogP contribution >= 0.6 is 24.0 Å². The normalized spacial score (nSPS) is 11.0. The molecule has 2 rings (SSSR count). The Morgan fingerprint density at radius 1 is 1.04 bits per heavy atom. The molecule has 0 aliphatic heterocycles. The second-order valence-corrected chi connectivity index (χ2v) is 5.89. The predicted octanol–water partition coefficient (Wildman–Crippen LogP) is 3.11. The van der Waals surface area contributed by atoms with Gasteiger partial charge in [-0.05, 0) is 18.7 Å². The van der Waals surface area contributed by atoms with Crippen LogP contribution in [0.2, 0.25) is 0 Å². The van der Waals surface area contributed by atoms with Crippen LogP contribution in [0.3, 0.4) is 0 Å². The van der Waals surface area contributed by atoms with Crippen LogP contribution in [0.5, 0.6) is 5.75 Å². The highest BCUT2D eigenvalue weighted by molar-refractivity contribution is 14.0. The molecule has 2 aromatic carbocycles. The second kappa shape index (κ2) is 12.5. The minimum absolute atomic E-state index is 0. The molecule has 0 heterocycles. The topological polar surface area (TPSA) is 48.9 Å². The summed E-state index contributed by atoms with van der Waals surface area (Å²) in [5.74, 6) is 1.67. The van der Waals surface area contributed by atoms with Gasteiger partial charge < -0.3 is 20.3 Å². The number of likely N-dealkylation sites (N-methyl/N-ethyl adjacent to an activating group) is 1. The largest absolute Gasteiger partial charge is 0.496 e. The molecule has 0 aliphatic carbocycles. The fraction of sp³-hybridized carbons (Fsp3) is 0.350. The van der Waals surface area contributed by atoms with Crippen molar-refractivity contribution in [2.24, 2.45) is 4.99 Å². The lowest BCUT2D eigenvalue weighted by molar-refractivity contribution is 0.331. The summed E-state index contributed by atoms with van der Waals surface area (Å²) in [7, 11) is 5.60. The number of halogens is 1. The molecule has 0 saturated heterocycles. The van der Waals surface area contributed by atoms with Crippen molar-refractivity contribution in [1.82, 2.24) is 15.5 Å². The Balaban J connectivity index is 0.00000338. The number of methoxy groups -OCH3 is 1. The average Bonchev–Trinajstić information content (AvgIpc) is 2.65. The fourth-order valence-corrected chi connectivity index (χ4v) is 2.59. The number of hydrogen-bond acceptors (Lipinski definition) is 3. The van der Waals surface area contributed by atoms with E-state index < -0.39 is 0 Å². The SMILES string of the molecule is CN=C(NCCN(C)Cc1ccccc1)NCc1ccccc1OC.I. The summed E-state index contributed by atoms with van der Waals surface area (Å²) in [6, 6.07) is 18.5. The lowest BCUT2D eigenvalue weighted by Gasteiger charge is -2.18. The molecule has 0 aromatic heterocycles. The highest BCUT2D eigenvalue weighted by Crippen LogP contribution is 2.16. The van der Waals surface area contributed by atoms with Gasteiger partial charge in [0.2, 0.25) is 0 Å². The third-order valence-corrected chi connectivity index (χ3v) is 3.94. The van der Waals surface area contributed by atoms with Crippen LogP contribution < -0.4 is 15.4 Å². The van der Waals surface area contributed by atoms with E-state index in [-0.39, 0.29) is 24.0 Å². The number of aliphatic imine (C=N–C) groups is 1. The van der Waals surface area contributed by atoms with E-state index in [1.165, 1.54) is 5.56 Å². The van der Waals surface area contributed by atoms with Crippen LogP contribution in [0.25, 0.3) is 0 Å². The highest BCUT2D eigenvalue weighted by Gasteiger charge is 2.04. The van der Waals surface area contributed by atoms with Crippen molar-refractivity contribution in [3.8, 4) is 5.75 Å². The molecule has 0 saturated carbocycles. The van der Waals surface area contributed by atoms with Gasteiger partial charge >= 0.3 is 0 Å². The predicted molar refractivity (Wildman–Crippen MR) is 119 cm³/mol. The van der Waals surface area contributed by atoms with Crippen LogP contribution in [0.15, 0.2) is 59.6 Å². The monoisotopic (exact) mass is 468 g/mol. The molecule has 0 atom stereocenters. The first-order chi connectivity index (χ1) is 12.2. The standard InChI is InChI=1S/C20H28N4O.HI/c1-21-20(23-15-18-11-7-8-12-19(18)25-3)22-13-14-24(2)16-17-9-5-4-6-10-17;/h4-12H,13-16H2,1-3H3,(H2,21,22,23);1H. The number of nitrogens with zero attached hydrogens (tertiary/aromatic N) is 2. The lowest BCUT2D eigenvalue weighted by atomic mass is 10.2. The van der Waals surface area contributed by atoms with Gasteiger partial charge in [-0.3, -0.25) is 4.99 Å². The first-order valence-electron chi connectivity index (χ1n) is 8.52. The number of rotatable bonds is 8. The summed E-state index contributed by atoms with van der Waals surface area (Å²) in [6.45, 7) is 3.37. The van der Waals surface area contributed by atoms with Gasteiger partial charge in [0, 0.05) is 38.8 Å². The Hall–Kier alpha value is -1.80. The van der Waals surface area contributed by atoms with E-state index >= 15 is 0 Å². The first kappa shape index (κ1) is 22.2. The smallest absolute Gasteiger partial charge is 0.191 e. The maximum Gasteiger partial charge on any atom is 0.191 e. The molecule has 0 aliphatic rings. The van der Waals surface area contributed by atoms with E-state index in [0.717, 1.165) is 36.9 Å². The highest BCUT2D eigenvalue weighted by atomic mass is 127. The summed E-state index contributed by atoms with van der Waals surface area (Å²) in [5, 5.41) is 6.67. The summed E-state index contributed by atoms with van der Waals surface area (Å²) in [4.78, 5) is 6.56. The maximum atomic E-state index is 5.37. The van der Waals surface area contributed by atoms with Gasteiger partial charge in [-0.1, -0.05) is 48.5 Å². The second-order valence-electron chi connectivity index (χ2n) is 5.89. The molecule has 0 unspecified atom stereocenters. The summed E-state index contributed by atoms with van der Waals surface area (Å²) in [5.41, 5.74) is 2.43. The van der Waals surface area contributed by atoms with E-state index in [2.05, 4.69) is 51.8 Å². The summed E-state index contributed by atoms with van der Waals surface area (Å²) in [6.07, 6.45) is 0. The third kappa shape index (κ3) is 7.61. The molecule has 2 N–H and O–H groups in total. The van der Waals surface area contributed by atoms with E-state index in [1.54, 1.807) is 14.2 Å². The third-order valence-electron chi connectivity index (χ3n) is 3.94. The van der Waals surface area contributed by atoms with Gasteiger partial charge in [0.05, 0.1) is 7.11 Å². The molecule has 142 valence electrons. The number of benzene rings is 2. The molecule has 0 radical (unpaired) electrons. The Morgan fingerprint density at radius 2 is 1.73 bits per heavy atom. The van der Waals surface area contributed by atoms with Crippen molar-refractivity contribution in [1.29, 1.82) is 0 Å². The molecule has 5 nitrogen and oxygen atoms in total. The maximum absolute atomic E-state index is 5.37. The van der Waals surface area contributed by atoms with Gasteiger partial charge in [0.25, 0.3) is 0 Å². The van der Waals surface area contributed by atoms with Crippen LogP contribution in [-0.2, 0) is 13.1 Å². The summed E-state index contributed by atoms with van der Waals surface area (Å²) < 4.78 is 5.37. The zero-order chi connectivity index (χ0) is 17.9. The Labute approximate surface area is 173 Å². The van der Waals surface area contributed by atoms with Crippen molar-refractivity contribution in [3.63, 3.8) is 0 Å². The van der Waals surface area contributed by atoms with Crippen LogP contribution in [0.4, 0.5) is 0 Å². The van der Waals surface area contributed by atoms with Crippen molar-refractivity contribution in [2.45, 2.75) is 13.1 Å². The Morgan fingerprint density at radius 3 is 2.42 bits per heavy atom. The van der Waals surface area contributed by atoms with Crippen molar-refractivity contribution in [2.75, 3.05) is 34.3 Å². The summed E-state index contributed by atoms with van der Waals surface area (Å²) >= 11 is 0. The van der Waals surface area contributed by atoms with Crippen LogP contribution in [0, 0.1) is 0 Å². The molecule has 26 heavy (non-hydrogen) atoms. The molecule has 2 aromatic rings. The van der Waals surface area contributed by atoms with Gasteiger partial charge in [0.1, 0.15) is 5.75 Å². The van der Waals surface area contributed by atoms with Crippen molar-refractivity contribution < 1.29 is 4.74 Å². The molecule has 0 bridgehead atoms. The number of hydrogen-bond donors (Lipinski definition) is 2. The van der Waals surface area contributed by atoms with E-state index in [4.69, 9.17) is 4.74 Å².